The Balaban J connectivity index is 2.04. The molecule has 0 spiro atoms. The highest BCUT2D eigenvalue weighted by molar-refractivity contribution is 6.24. The van der Waals surface area contributed by atoms with E-state index in [0.717, 1.165) is 0 Å². The number of hydrogen-bond acceptors (Lipinski definition) is 6. The van der Waals surface area contributed by atoms with Crippen LogP contribution < -0.4 is 10.6 Å². The highest BCUT2D eigenvalue weighted by atomic mass is 16.6. The molecule has 1 heterocycles. The Hall–Kier alpha value is -2.97. The number of Topliss-reactive ketones (excluding diaryl/α,β-unsaturated/α-hetero) is 2. The van der Waals surface area contributed by atoms with E-state index in [4.69, 9.17) is 4.74 Å². The average molecular weight is 518 g/mol. The van der Waals surface area contributed by atoms with Crippen molar-refractivity contribution in [2.45, 2.75) is 118 Å². The normalized spacial score (nSPS) is 19.5. The van der Waals surface area contributed by atoms with Crippen molar-refractivity contribution in [1.82, 2.24) is 15.5 Å². The second-order valence-corrected chi connectivity index (χ2v) is 11.3. The maximum Gasteiger partial charge on any atom is 0.410 e. The van der Waals surface area contributed by atoms with Crippen molar-refractivity contribution >= 4 is 29.5 Å². The van der Waals surface area contributed by atoms with E-state index < -0.39 is 23.8 Å². The molecule has 1 aliphatic carbocycles. The fraction of sp³-hybridized carbons (Fsp3) is 0.679. The molecule has 1 unspecified atom stereocenters. The van der Waals surface area contributed by atoms with Gasteiger partial charge in [0.15, 0.2) is 11.6 Å². The van der Waals surface area contributed by atoms with Crippen molar-refractivity contribution in [3.8, 4) is 0 Å². The fourth-order valence-corrected chi connectivity index (χ4v) is 4.61. The Morgan fingerprint density at radius 2 is 1.59 bits per heavy atom. The predicted octanol–water partition coefficient (Wildman–Crippen LogP) is 3.76. The van der Waals surface area contributed by atoms with Crippen molar-refractivity contribution in [3.63, 3.8) is 0 Å². The van der Waals surface area contributed by atoms with Gasteiger partial charge in [-0.25, -0.2) is 4.79 Å². The lowest BCUT2D eigenvalue weighted by Gasteiger charge is -2.29. The number of nitrogens with one attached hydrogen (secondary N) is 2. The number of hydrogen-bond donors (Lipinski definition) is 2. The summed E-state index contributed by atoms with van der Waals surface area (Å²) in [6.45, 7) is 14.5. The summed E-state index contributed by atoms with van der Waals surface area (Å²) in [5.74, 6) is -0.867. The number of nitrogens with zero attached hydrogens (tertiary/aromatic N) is 1. The molecule has 9 nitrogen and oxygen atoms in total. The van der Waals surface area contributed by atoms with E-state index in [-0.39, 0.29) is 29.4 Å². The first-order chi connectivity index (χ1) is 17.1. The standard InChI is InChI=1S/C28H43N3O6/c1-16(2)29-25(34)21(13-10-9-12-20-19(5)23(32)17(3)18(4)24(20)33)30-26(35)22-14-11-15-31(22)27(36)37-28(6,7)8/h16,21-22H,9-15H2,1-8H3,(H,29,34)(H,30,35)/t21?,22-/m0/s1. The molecule has 0 aromatic rings. The average Bonchev–Trinajstić information content (AvgIpc) is 3.29. The summed E-state index contributed by atoms with van der Waals surface area (Å²) in [4.78, 5) is 65.2. The molecule has 1 fully saturated rings. The van der Waals surface area contributed by atoms with Gasteiger partial charge in [0.2, 0.25) is 11.8 Å². The molecular weight excluding hydrogens is 474 g/mol. The third kappa shape index (κ3) is 8.01. The number of amides is 3. The van der Waals surface area contributed by atoms with Gasteiger partial charge in [-0.15, -0.1) is 0 Å². The number of carbonyl (C=O) groups excluding carboxylic acids is 5. The van der Waals surface area contributed by atoms with Crippen molar-refractivity contribution in [3.05, 3.63) is 22.3 Å². The summed E-state index contributed by atoms with van der Waals surface area (Å²) in [6.07, 6.45) is 2.59. The van der Waals surface area contributed by atoms with Crippen LogP contribution in [0.5, 0.6) is 0 Å². The molecule has 1 aliphatic heterocycles. The Morgan fingerprint density at radius 3 is 2.19 bits per heavy atom. The van der Waals surface area contributed by atoms with Gasteiger partial charge in [-0.2, -0.15) is 0 Å². The summed E-state index contributed by atoms with van der Waals surface area (Å²) in [7, 11) is 0. The summed E-state index contributed by atoms with van der Waals surface area (Å²) < 4.78 is 5.45. The van der Waals surface area contributed by atoms with Gasteiger partial charge < -0.3 is 15.4 Å². The Bertz CT molecular complexity index is 1000. The number of allylic oxidation sites excluding steroid dienone is 4. The van der Waals surface area contributed by atoms with Crippen LogP contribution in [0, 0.1) is 0 Å². The zero-order valence-corrected chi connectivity index (χ0v) is 23.6. The highest BCUT2D eigenvalue weighted by Crippen LogP contribution is 2.28. The maximum atomic E-state index is 13.2. The molecule has 0 bridgehead atoms. The van der Waals surface area contributed by atoms with E-state index in [0.29, 0.717) is 67.4 Å². The van der Waals surface area contributed by atoms with Crippen molar-refractivity contribution < 1.29 is 28.7 Å². The summed E-state index contributed by atoms with van der Waals surface area (Å²) in [5.41, 5.74) is 1.31. The van der Waals surface area contributed by atoms with Crippen LogP contribution in [0.4, 0.5) is 4.79 Å². The number of ketones is 2. The molecule has 2 rings (SSSR count). The lowest BCUT2D eigenvalue weighted by molar-refractivity contribution is -0.131. The van der Waals surface area contributed by atoms with Crippen LogP contribution in [0.1, 0.15) is 93.9 Å². The van der Waals surface area contributed by atoms with Crippen LogP contribution in [-0.4, -0.2) is 64.6 Å². The molecule has 2 N–H and O–H groups in total. The first-order valence-corrected chi connectivity index (χ1v) is 13.2. The van der Waals surface area contributed by atoms with Gasteiger partial charge in [-0.3, -0.25) is 24.1 Å². The number of ether oxygens (including phenoxy) is 1. The monoisotopic (exact) mass is 517 g/mol. The second kappa shape index (κ2) is 12.5. The number of likely N-dealkylation sites (tertiary alicyclic amines) is 1. The van der Waals surface area contributed by atoms with Crippen molar-refractivity contribution in [1.29, 1.82) is 0 Å². The molecule has 0 radical (unpaired) electrons. The van der Waals surface area contributed by atoms with Gasteiger partial charge in [-0.05, 0) is 87.5 Å². The third-order valence-corrected chi connectivity index (χ3v) is 6.73. The van der Waals surface area contributed by atoms with Crippen LogP contribution in [0.2, 0.25) is 0 Å². The molecule has 0 saturated carbocycles. The van der Waals surface area contributed by atoms with E-state index >= 15 is 0 Å². The molecule has 9 heteroatoms. The van der Waals surface area contributed by atoms with Gasteiger partial charge >= 0.3 is 6.09 Å². The lowest BCUT2D eigenvalue weighted by Crippen LogP contribution is -2.54. The molecular formula is C28H43N3O6. The summed E-state index contributed by atoms with van der Waals surface area (Å²) in [5, 5.41) is 5.70. The highest BCUT2D eigenvalue weighted by Gasteiger charge is 2.38. The molecule has 3 amide bonds. The van der Waals surface area contributed by atoms with Crippen LogP contribution >= 0.6 is 0 Å². The minimum absolute atomic E-state index is 0.0968. The number of unbranched alkanes of at least 4 members (excludes halogenated alkanes) is 1. The minimum atomic E-state index is -0.779. The third-order valence-electron chi connectivity index (χ3n) is 6.73. The first-order valence-electron chi connectivity index (χ1n) is 13.2. The van der Waals surface area contributed by atoms with E-state index in [1.807, 2.05) is 13.8 Å². The van der Waals surface area contributed by atoms with Gasteiger partial charge in [0.05, 0.1) is 0 Å². The Morgan fingerprint density at radius 1 is 0.973 bits per heavy atom. The minimum Gasteiger partial charge on any atom is -0.444 e. The molecule has 0 aromatic heterocycles. The van der Waals surface area contributed by atoms with E-state index in [2.05, 4.69) is 10.6 Å². The summed E-state index contributed by atoms with van der Waals surface area (Å²) >= 11 is 0. The lowest BCUT2D eigenvalue weighted by atomic mass is 9.84. The zero-order chi connectivity index (χ0) is 28.1. The van der Waals surface area contributed by atoms with Crippen LogP contribution in [0.3, 0.4) is 0 Å². The molecule has 2 atom stereocenters. The fourth-order valence-electron chi connectivity index (χ4n) is 4.61. The van der Waals surface area contributed by atoms with Crippen LogP contribution in [-0.2, 0) is 23.9 Å². The van der Waals surface area contributed by atoms with E-state index in [1.54, 1.807) is 41.5 Å². The largest absolute Gasteiger partial charge is 0.444 e. The quantitative estimate of drug-likeness (QED) is 0.355. The predicted molar refractivity (Wildman–Crippen MR) is 141 cm³/mol. The SMILES string of the molecule is CC1=C(C)C(=O)C(CCCCC(NC(=O)[C@@H]2CCCN2C(=O)OC(C)(C)C)C(=O)NC(C)C)=C(C)C1=O. The van der Waals surface area contributed by atoms with Crippen LogP contribution in [0.25, 0.3) is 0 Å². The molecule has 0 aromatic carbocycles. The molecule has 206 valence electrons. The number of rotatable bonds is 9. The topological polar surface area (TPSA) is 122 Å². The Kier molecular flexibility index (Phi) is 10.2. The van der Waals surface area contributed by atoms with Gasteiger partial charge in [0, 0.05) is 34.9 Å². The van der Waals surface area contributed by atoms with Crippen LogP contribution in [0.15, 0.2) is 22.3 Å². The molecule has 2 aliphatic rings. The first kappa shape index (κ1) is 30.3. The van der Waals surface area contributed by atoms with Gasteiger partial charge in [0.1, 0.15) is 17.7 Å². The smallest absolute Gasteiger partial charge is 0.410 e. The molecule has 1 saturated heterocycles. The van der Waals surface area contributed by atoms with Gasteiger partial charge in [0.25, 0.3) is 0 Å². The molecule has 37 heavy (non-hydrogen) atoms. The van der Waals surface area contributed by atoms with Crippen molar-refractivity contribution in [2.75, 3.05) is 6.54 Å². The Labute approximate surface area is 220 Å². The van der Waals surface area contributed by atoms with Crippen molar-refractivity contribution in [2.24, 2.45) is 0 Å². The summed E-state index contributed by atoms with van der Waals surface area (Å²) in [6, 6.07) is -1.58. The zero-order valence-electron chi connectivity index (χ0n) is 23.6. The van der Waals surface area contributed by atoms with E-state index in [9.17, 15) is 24.0 Å². The van der Waals surface area contributed by atoms with E-state index in [1.165, 1.54) is 4.90 Å². The number of carbonyl (C=O) groups is 5. The van der Waals surface area contributed by atoms with Gasteiger partial charge in [-0.1, -0.05) is 6.42 Å². The second-order valence-electron chi connectivity index (χ2n) is 11.3. The maximum absolute atomic E-state index is 13.2.